The predicted molar refractivity (Wildman–Crippen MR) is 94.9 cm³/mol. The van der Waals surface area contributed by atoms with E-state index in [0.29, 0.717) is 12.1 Å². The lowest BCUT2D eigenvalue weighted by Gasteiger charge is -2.41. The van der Waals surface area contributed by atoms with Gasteiger partial charge in [-0.05, 0) is 32.8 Å². The number of hydrogen-bond donors (Lipinski definition) is 1. The summed E-state index contributed by atoms with van der Waals surface area (Å²) >= 11 is 0. The van der Waals surface area contributed by atoms with Crippen LogP contribution in [-0.2, 0) is 11.3 Å². The molecular weight excluding hydrogens is 302 g/mol. The fourth-order valence-corrected chi connectivity index (χ4v) is 3.37. The topological polar surface area (TPSA) is 44.8 Å². The van der Waals surface area contributed by atoms with E-state index in [-0.39, 0.29) is 6.09 Å². The Bertz CT molecular complexity index is 549. The molecule has 0 bridgehead atoms. The van der Waals surface area contributed by atoms with Crippen molar-refractivity contribution in [1.82, 2.24) is 15.1 Å². The lowest BCUT2D eigenvalue weighted by Crippen LogP contribution is -2.60. The molecule has 1 aromatic rings. The summed E-state index contributed by atoms with van der Waals surface area (Å²) in [5.41, 5.74) is 0.946. The minimum atomic E-state index is -0.422. The molecule has 1 amide bonds. The van der Waals surface area contributed by atoms with Gasteiger partial charge in [-0.15, -0.1) is 0 Å². The Hall–Kier alpha value is -1.59. The van der Waals surface area contributed by atoms with Crippen molar-refractivity contribution >= 4 is 6.09 Å². The second-order valence-electron chi connectivity index (χ2n) is 7.96. The molecule has 1 atom stereocenters. The number of rotatable bonds is 4. The van der Waals surface area contributed by atoms with E-state index in [1.165, 1.54) is 5.56 Å². The van der Waals surface area contributed by atoms with Crippen molar-refractivity contribution < 1.29 is 9.53 Å². The lowest BCUT2D eigenvalue weighted by atomic mass is 10.1. The lowest BCUT2D eigenvalue weighted by molar-refractivity contribution is 0.0287. The van der Waals surface area contributed by atoms with Gasteiger partial charge in [-0.2, -0.15) is 0 Å². The fraction of sp³-hybridized carbons (Fsp3) is 0.632. The van der Waals surface area contributed by atoms with Crippen molar-refractivity contribution in [2.45, 2.75) is 51.4 Å². The molecule has 2 saturated heterocycles. The number of benzene rings is 1. The molecule has 1 N–H and O–H groups in total. The molecule has 2 aliphatic rings. The number of likely N-dealkylation sites (tertiary alicyclic amines) is 2. The maximum atomic E-state index is 12.1. The van der Waals surface area contributed by atoms with Gasteiger partial charge in [-0.1, -0.05) is 30.3 Å². The van der Waals surface area contributed by atoms with E-state index in [4.69, 9.17) is 4.74 Å². The first-order valence-electron chi connectivity index (χ1n) is 8.89. The number of amides is 1. The summed E-state index contributed by atoms with van der Waals surface area (Å²) in [6, 6.07) is 11.5. The second-order valence-corrected chi connectivity index (χ2v) is 7.96. The fourth-order valence-electron chi connectivity index (χ4n) is 3.37. The van der Waals surface area contributed by atoms with Crippen molar-refractivity contribution in [2.75, 3.05) is 26.2 Å². The third-order valence-electron chi connectivity index (χ3n) is 4.52. The molecule has 0 saturated carbocycles. The van der Waals surface area contributed by atoms with Gasteiger partial charge in [0.15, 0.2) is 0 Å². The Kier molecular flexibility index (Phi) is 5.11. The predicted octanol–water partition coefficient (Wildman–Crippen LogP) is 2.47. The van der Waals surface area contributed by atoms with Crippen molar-refractivity contribution in [3.8, 4) is 0 Å². The van der Waals surface area contributed by atoms with Crippen LogP contribution < -0.4 is 5.32 Å². The highest BCUT2D eigenvalue weighted by molar-refractivity contribution is 5.68. The van der Waals surface area contributed by atoms with Crippen LogP contribution in [0.5, 0.6) is 0 Å². The molecule has 2 fully saturated rings. The molecule has 0 unspecified atom stereocenters. The highest BCUT2D eigenvalue weighted by Crippen LogP contribution is 2.18. The normalized spacial score (nSPS) is 22.5. The number of carbonyl (C=O) groups excluding carboxylic acids is 1. The van der Waals surface area contributed by atoms with Crippen LogP contribution in [0.2, 0.25) is 0 Å². The summed E-state index contributed by atoms with van der Waals surface area (Å²) < 4.78 is 5.45. The van der Waals surface area contributed by atoms with Gasteiger partial charge in [0.2, 0.25) is 0 Å². The highest BCUT2D eigenvalue weighted by atomic mass is 16.6. The Morgan fingerprint density at radius 3 is 2.54 bits per heavy atom. The van der Waals surface area contributed by atoms with E-state index in [9.17, 15) is 4.79 Å². The van der Waals surface area contributed by atoms with Gasteiger partial charge in [-0.25, -0.2) is 4.79 Å². The maximum Gasteiger partial charge on any atom is 0.410 e. The standard InChI is InChI=1S/C19H29N3O2/c1-19(2,3)24-18(23)22-10-9-16(14-22)20-17-12-21(13-17)11-15-7-5-4-6-8-15/h4-8,16-17,20H,9-14H2,1-3H3/t16-/m1/s1. The van der Waals surface area contributed by atoms with Gasteiger partial charge in [-0.3, -0.25) is 4.90 Å². The van der Waals surface area contributed by atoms with Gasteiger partial charge in [0.1, 0.15) is 5.60 Å². The van der Waals surface area contributed by atoms with Gasteiger partial charge in [0.25, 0.3) is 0 Å². The van der Waals surface area contributed by atoms with E-state index in [0.717, 1.165) is 39.1 Å². The van der Waals surface area contributed by atoms with Crippen LogP contribution >= 0.6 is 0 Å². The van der Waals surface area contributed by atoms with Crippen LogP contribution in [0.25, 0.3) is 0 Å². The third kappa shape index (κ3) is 4.71. The van der Waals surface area contributed by atoms with Crippen LogP contribution in [0.4, 0.5) is 4.79 Å². The molecule has 2 aliphatic heterocycles. The maximum absolute atomic E-state index is 12.1. The number of nitrogens with zero attached hydrogens (tertiary/aromatic N) is 2. The monoisotopic (exact) mass is 331 g/mol. The molecule has 3 rings (SSSR count). The van der Waals surface area contributed by atoms with Crippen LogP contribution in [0, 0.1) is 0 Å². The van der Waals surface area contributed by atoms with E-state index >= 15 is 0 Å². The Labute approximate surface area is 145 Å². The number of ether oxygens (including phenoxy) is 1. The zero-order valence-corrected chi connectivity index (χ0v) is 15.0. The molecule has 2 heterocycles. The number of nitrogens with one attached hydrogen (secondary N) is 1. The first-order valence-corrected chi connectivity index (χ1v) is 8.89. The van der Waals surface area contributed by atoms with Crippen LogP contribution in [0.15, 0.2) is 30.3 Å². The van der Waals surface area contributed by atoms with E-state index in [1.807, 2.05) is 25.7 Å². The zero-order valence-electron chi connectivity index (χ0n) is 15.0. The van der Waals surface area contributed by atoms with Gasteiger partial charge in [0, 0.05) is 44.8 Å². The molecule has 5 nitrogen and oxygen atoms in total. The molecule has 1 aromatic carbocycles. The number of hydrogen-bond acceptors (Lipinski definition) is 4. The summed E-state index contributed by atoms with van der Waals surface area (Å²) in [5, 5.41) is 3.69. The first kappa shape index (κ1) is 17.2. The number of carbonyl (C=O) groups is 1. The summed E-state index contributed by atoms with van der Waals surface area (Å²) in [6.07, 6.45) is 0.820. The Morgan fingerprint density at radius 1 is 1.17 bits per heavy atom. The highest BCUT2D eigenvalue weighted by Gasteiger charge is 2.33. The summed E-state index contributed by atoms with van der Waals surface area (Å²) in [7, 11) is 0. The van der Waals surface area contributed by atoms with Crippen molar-refractivity contribution in [3.63, 3.8) is 0 Å². The zero-order chi connectivity index (χ0) is 17.2. The van der Waals surface area contributed by atoms with E-state index in [1.54, 1.807) is 0 Å². The third-order valence-corrected chi connectivity index (χ3v) is 4.52. The summed E-state index contributed by atoms with van der Waals surface area (Å²) in [5.74, 6) is 0. The molecule has 5 heteroatoms. The van der Waals surface area contributed by atoms with Crippen LogP contribution in [0.1, 0.15) is 32.8 Å². The molecule has 0 spiro atoms. The Morgan fingerprint density at radius 2 is 1.88 bits per heavy atom. The summed E-state index contributed by atoms with van der Waals surface area (Å²) in [4.78, 5) is 16.4. The molecule has 0 aliphatic carbocycles. The largest absolute Gasteiger partial charge is 0.444 e. The van der Waals surface area contributed by atoms with Gasteiger partial charge in [0.05, 0.1) is 0 Å². The minimum absolute atomic E-state index is 0.189. The van der Waals surface area contributed by atoms with Crippen molar-refractivity contribution in [2.24, 2.45) is 0 Å². The van der Waals surface area contributed by atoms with Gasteiger partial charge < -0.3 is 15.0 Å². The average molecular weight is 331 g/mol. The van der Waals surface area contributed by atoms with Crippen LogP contribution in [0.3, 0.4) is 0 Å². The smallest absolute Gasteiger partial charge is 0.410 e. The second kappa shape index (κ2) is 7.11. The summed E-state index contributed by atoms with van der Waals surface area (Å²) in [6.45, 7) is 10.5. The average Bonchev–Trinajstić information content (AvgIpc) is 2.93. The van der Waals surface area contributed by atoms with Crippen molar-refractivity contribution in [3.05, 3.63) is 35.9 Å². The molecule has 24 heavy (non-hydrogen) atoms. The van der Waals surface area contributed by atoms with Crippen LogP contribution in [-0.4, -0.2) is 59.8 Å². The van der Waals surface area contributed by atoms with E-state index in [2.05, 4.69) is 40.5 Å². The van der Waals surface area contributed by atoms with E-state index < -0.39 is 5.60 Å². The quantitative estimate of drug-likeness (QED) is 0.921. The Balaban J connectivity index is 1.36. The van der Waals surface area contributed by atoms with Crippen molar-refractivity contribution in [1.29, 1.82) is 0 Å². The minimum Gasteiger partial charge on any atom is -0.444 e. The molecule has 0 radical (unpaired) electrons. The SMILES string of the molecule is CC(C)(C)OC(=O)N1CC[C@@H](NC2CN(Cc3ccccc3)C2)C1. The molecule has 132 valence electrons. The molecular formula is C19H29N3O2. The molecule has 0 aromatic heterocycles. The first-order chi connectivity index (χ1) is 11.4. The van der Waals surface area contributed by atoms with Gasteiger partial charge >= 0.3 is 6.09 Å².